The number of rotatable bonds is 5. The molecule has 11 heavy (non-hydrogen) atoms. The molecule has 0 aromatic carbocycles. The fourth-order valence-corrected chi connectivity index (χ4v) is 0.672. The van der Waals surface area contributed by atoms with Crippen molar-refractivity contribution < 1.29 is 0 Å². The topological polar surface area (TPSA) is 38.0 Å². The summed E-state index contributed by atoms with van der Waals surface area (Å²) in [6.07, 6.45) is 0.966. The molecule has 0 amide bonds. The first-order chi connectivity index (χ1) is 5.04. The number of nitrogens with one attached hydrogen (secondary N) is 1. The second kappa shape index (κ2) is 4.83. The van der Waals surface area contributed by atoms with E-state index in [4.69, 9.17) is 5.73 Å². The largest absolute Gasteiger partial charge is 0.386 e. The van der Waals surface area contributed by atoms with E-state index < -0.39 is 0 Å². The maximum absolute atomic E-state index is 5.32. The van der Waals surface area contributed by atoms with Gasteiger partial charge in [0.2, 0.25) is 0 Å². The molecule has 3 N–H and O–H groups in total. The Labute approximate surface area is 69.2 Å². The van der Waals surface area contributed by atoms with Crippen LogP contribution in [0.2, 0.25) is 0 Å². The molecule has 0 saturated heterocycles. The zero-order chi connectivity index (χ0) is 8.85. The van der Waals surface area contributed by atoms with Gasteiger partial charge in [0.25, 0.3) is 0 Å². The van der Waals surface area contributed by atoms with Gasteiger partial charge in [-0.05, 0) is 12.3 Å². The zero-order valence-corrected chi connectivity index (χ0v) is 7.48. The van der Waals surface area contributed by atoms with Crippen LogP contribution in [0.5, 0.6) is 0 Å². The van der Waals surface area contributed by atoms with Gasteiger partial charge in [0.1, 0.15) is 0 Å². The molecule has 0 bridgehead atoms. The Bertz CT molecular complexity index is 148. The minimum absolute atomic E-state index is 0.529. The van der Waals surface area contributed by atoms with Crippen LogP contribution < -0.4 is 11.1 Å². The second-order valence-corrected chi connectivity index (χ2v) is 3.01. The van der Waals surface area contributed by atoms with Gasteiger partial charge in [-0.15, -0.1) is 0 Å². The van der Waals surface area contributed by atoms with Gasteiger partial charge < -0.3 is 11.1 Å². The minimum Gasteiger partial charge on any atom is -0.386 e. The fourth-order valence-electron chi connectivity index (χ4n) is 0.672. The van der Waals surface area contributed by atoms with Crippen molar-refractivity contribution in [2.45, 2.75) is 20.3 Å². The van der Waals surface area contributed by atoms with Gasteiger partial charge in [0, 0.05) is 6.54 Å². The van der Waals surface area contributed by atoms with Crippen LogP contribution in [0.25, 0.3) is 0 Å². The maximum Gasteiger partial charge on any atom is 0.0885 e. The summed E-state index contributed by atoms with van der Waals surface area (Å²) >= 11 is 0. The molecule has 0 aliphatic heterocycles. The minimum atomic E-state index is 0.529. The monoisotopic (exact) mass is 154 g/mol. The van der Waals surface area contributed by atoms with Gasteiger partial charge in [-0.3, -0.25) is 0 Å². The summed E-state index contributed by atoms with van der Waals surface area (Å²) in [6.45, 7) is 12.6. The summed E-state index contributed by atoms with van der Waals surface area (Å²) in [5, 5.41) is 2.95. The molecule has 0 fully saturated rings. The molecule has 0 aromatic heterocycles. The third-order valence-electron chi connectivity index (χ3n) is 1.61. The Morgan fingerprint density at radius 3 is 2.36 bits per heavy atom. The molecule has 2 nitrogen and oxygen atoms in total. The van der Waals surface area contributed by atoms with E-state index in [-0.39, 0.29) is 0 Å². The molecular formula is C9H18N2. The van der Waals surface area contributed by atoms with Gasteiger partial charge in [-0.2, -0.15) is 0 Å². The van der Waals surface area contributed by atoms with Crippen LogP contribution in [0.15, 0.2) is 24.6 Å². The lowest BCUT2D eigenvalue weighted by Crippen LogP contribution is -2.20. The van der Waals surface area contributed by atoms with Crippen molar-refractivity contribution in [2.75, 3.05) is 6.54 Å². The molecule has 0 rings (SSSR count). The maximum atomic E-state index is 5.32. The van der Waals surface area contributed by atoms with Crippen LogP contribution in [0.4, 0.5) is 0 Å². The molecule has 2 heteroatoms. The van der Waals surface area contributed by atoms with Crippen molar-refractivity contribution in [1.29, 1.82) is 0 Å². The van der Waals surface area contributed by atoms with E-state index in [1.807, 2.05) is 0 Å². The standard InChI is InChI=1S/C9H18N2/c1-7(2)8(3)5-6-11-9(4)10/h7,11H,3-6,10H2,1-2H3. The SMILES string of the molecule is C=C(N)NCCC(=C)C(C)C. The highest BCUT2D eigenvalue weighted by atomic mass is 15.0. The number of hydrogen-bond acceptors (Lipinski definition) is 2. The summed E-state index contributed by atoms with van der Waals surface area (Å²) in [7, 11) is 0. The van der Waals surface area contributed by atoms with Crippen LogP contribution in [0.3, 0.4) is 0 Å². The Hall–Kier alpha value is -0.920. The van der Waals surface area contributed by atoms with Crippen molar-refractivity contribution in [1.82, 2.24) is 5.32 Å². The summed E-state index contributed by atoms with van der Waals surface area (Å²) in [6, 6.07) is 0. The highest BCUT2D eigenvalue weighted by Crippen LogP contribution is 2.09. The van der Waals surface area contributed by atoms with E-state index in [0.717, 1.165) is 13.0 Å². The van der Waals surface area contributed by atoms with Gasteiger partial charge in [-0.1, -0.05) is 32.6 Å². The Balaban J connectivity index is 3.39. The summed E-state index contributed by atoms with van der Waals surface area (Å²) in [5.41, 5.74) is 6.57. The summed E-state index contributed by atoms with van der Waals surface area (Å²) in [5.74, 6) is 1.09. The van der Waals surface area contributed by atoms with Crippen molar-refractivity contribution in [3.63, 3.8) is 0 Å². The lowest BCUT2D eigenvalue weighted by molar-refractivity contribution is 0.682. The molecule has 0 aromatic rings. The first-order valence-electron chi connectivity index (χ1n) is 3.90. The van der Waals surface area contributed by atoms with Crippen LogP contribution >= 0.6 is 0 Å². The highest BCUT2D eigenvalue weighted by molar-refractivity contribution is 4.98. The second-order valence-electron chi connectivity index (χ2n) is 3.01. The highest BCUT2D eigenvalue weighted by Gasteiger charge is 1.98. The van der Waals surface area contributed by atoms with Crippen LogP contribution in [0.1, 0.15) is 20.3 Å². The molecule has 0 saturated carbocycles. The quantitative estimate of drug-likeness (QED) is 0.590. The average Bonchev–Trinajstić information content (AvgIpc) is 1.86. The normalized spacial score (nSPS) is 9.73. The Morgan fingerprint density at radius 2 is 2.00 bits per heavy atom. The Morgan fingerprint density at radius 1 is 1.45 bits per heavy atom. The fraction of sp³-hybridized carbons (Fsp3) is 0.556. The van der Waals surface area contributed by atoms with Crippen molar-refractivity contribution in [3.8, 4) is 0 Å². The number of hydrogen-bond donors (Lipinski definition) is 2. The lowest BCUT2D eigenvalue weighted by Gasteiger charge is -2.09. The average molecular weight is 154 g/mol. The third-order valence-corrected chi connectivity index (χ3v) is 1.61. The lowest BCUT2D eigenvalue weighted by atomic mass is 10.0. The van der Waals surface area contributed by atoms with E-state index in [2.05, 4.69) is 32.3 Å². The zero-order valence-electron chi connectivity index (χ0n) is 7.48. The van der Waals surface area contributed by atoms with Gasteiger partial charge >= 0.3 is 0 Å². The molecule has 0 heterocycles. The first kappa shape index (κ1) is 10.1. The molecular weight excluding hydrogens is 136 g/mol. The van der Waals surface area contributed by atoms with E-state index in [1.165, 1.54) is 5.57 Å². The van der Waals surface area contributed by atoms with E-state index >= 15 is 0 Å². The molecule has 0 unspecified atom stereocenters. The molecule has 0 spiro atoms. The van der Waals surface area contributed by atoms with Gasteiger partial charge in [0.05, 0.1) is 5.82 Å². The predicted octanol–water partition coefficient (Wildman–Crippen LogP) is 1.61. The van der Waals surface area contributed by atoms with E-state index in [9.17, 15) is 0 Å². The van der Waals surface area contributed by atoms with Crippen LogP contribution in [-0.4, -0.2) is 6.54 Å². The molecule has 64 valence electrons. The van der Waals surface area contributed by atoms with Crippen molar-refractivity contribution >= 4 is 0 Å². The number of nitrogens with two attached hydrogens (primary N) is 1. The van der Waals surface area contributed by atoms with Gasteiger partial charge in [-0.25, -0.2) is 0 Å². The predicted molar refractivity (Wildman–Crippen MR) is 49.9 cm³/mol. The molecule has 0 atom stereocenters. The van der Waals surface area contributed by atoms with Crippen molar-refractivity contribution in [2.24, 2.45) is 11.7 Å². The van der Waals surface area contributed by atoms with Crippen molar-refractivity contribution in [3.05, 3.63) is 24.6 Å². The van der Waals surface area contributed by atoms with E-state index in [0.29, 0.717) is 11.7 Å². The van der Waals surface area contributed by atoms with E-state index in [1.54, 1.807) is 0 Å². The first-order valence-corrected chi connectivity index (χ1v) is 3.90. The third kappa shape index (κ3) is 5.52. The molecule has 0 radical (unpaired) electrons. The summed E-state index contributed by atoms with van der Waals surface area (Å²) < 4.78 is 0. The molecule has 0 aliphatic carbocycles. The van der Waals surface area contributed by atoms with Crippen LogP contribution in [0, 0.1) is 5.92 Å². The summed E-state index contributed by atoms with van der Waals surface area (Å²) in [4.78, 5) is 0. The smallest absolute Gasteiger partial charge is 0.0885 e. The Kier molecular flexibility index (Phi) is 4.42. The molecule has 0 aliphatic rings. The van der Waals surface area contributed by atoms with Gasteiger partial charge in [0.15, 0.2) is 0 Å². The van der Waals surface area contributed by atoms with Crippen LogP contribution in [-0.2, 0) is 0 Å².